The molecule has 0 bridgehead atoms. The summed E-state index contributed by atoms with van der Waals surface area (Å²) in [7, 11) is -3.75. The second-order valence-electron chi connectivity index (χ2n) is 8.53. The van der Waals surface area contributed by atoms with Crippen molar-refractivity contribution in [2.45, 2.75) is 51.0 Å². The lowest BCUT2D eigenvalue weighted by atomic mass is 10.0. The molecule has 0 heterocycles. The van der Waals surface area contributed by atoms with Gasteiger partial charge in [-0.3, -0.25) is 9.52 Å². The number of nitrogens with one attached hydrogen (secondary N) is 2. The maximum Gasteiger partial charge on any atom is 0.261 e. The Morgan fingerprint density at radius 1 is 0.906 bits per heavy atom. The fourth-order valence-electron chi connectivity index (χ4n) is 4.02. The van der Waals surface area contributed by atoms with Crippen LogP contribution in [0.25, 0.3) is 0 Å². The summed E-state index contributed by atoms with van der Waals surface area (Å²) in [6, 6.07) is 18.0. The molecule has 0 fully saturated rings. The summed E-state index contributed by atoms with van der Waals surface area (Å²) in [5, 5.41) is 3.03. The van der Waals surface area contributed by atoms with Crippen molar-refractivity contribution in [3.63, 3.8) is 0 Å². The van der Waals surface area contributed by atoms with Crippen molar-refractivity contribution in [3.8, 4) is 0 Å². The van der Waals surface area contributed by atoms with E-state index in [4.69, 9.17) is 0 Å². The molecular formula is C26H28N2O3S. The third-order valence-electron chi connectivity index (χ3n) is 6.05. The van der Waals surface area contributed by atoms with Gasteiger partial charge >= 0.3 is 0 Å². The Hall–Kier alpha value is -3.12. The summed E-state index contributed by atoms with van der Waals surface area (Å²) in [6.45, 7) is 5.67. The highest BCUT2D eigenvalue weighted by Crippen LogP contribution is 2.26. The van der Waals surface area contributed by atoms with Gasteiger partial charge in [-0.2, -0.15) is 0 Å². The summed E-state index contributed by atoms with van der Waals surface area (Å²) in [4.78, 5) is 13.1. The number of aryl methyl sites for hydroxylation is 4. The lowest BCUT2D eigenvalue weighted by Gasteiger charge is -2.17. The Morgan fingerprint density at radius 2 is 1.62 bits per heavy atom. The van der Waals surface area contributed by atoms with Crippen LogP contribution in [0.4, 0.5) is 5.69 Å². The molecule has 6 heteroatoms. The van der Waals surface area contributed by atoms with Gasteiger partial charge in [0.15, 0.2) is 0 Å². The highest BCUT2D eigenvalue weighted by molar-refractivity contribution is 7.92. The summed E-state index contributed by atoms with van der Waals surface area (Å²) in [6.07, 6.45) is 3.40. The van der Waals surface area contributed by atoms with E-state index in [1.807, 2.05) is 20.8 Å². The van der Waals surface area contributed by atoms with Gasteiger partial charge in [-0.25, -0.2) is 8.42 Å². The first kappa shape index (κ1) is 22.1. The zero-order valence-corrected chi connectivity index (χ0v) is 19.4. The molecule has 2 N–H and O–H groups in total. The van der Waals surface area contributed by atoms with E-state index in [1.54, 1.807) is 42.5 Å². The van der Waals surface area contributed by atoms with Crippen LogP contribution < -0.4 is 10.0 Å². The first-order valence-corrected chi connectivity index (χ1v) is 12.3. The first-order chi connectivity index (χ1) is 15.2. The van der Waals surface area contributed by atoms with Gasteiger partial charge in [0.25, 0.3) is 15.9 Å². The Balaban J connectivity index is 1.51. The molecule has 1 aliphatic rings. The van der Waals surface area contributed by atoms with Crippen molar-refractivity contribution >= 4 is 21.6 Å². The second-order valence-corrected chi connectivity index (χ2v) is 10.2. The van der Waals surface area contributed by atoms with E-state index in [2.05, 4.69) is 28.2 Å². The van der Waals surface area contributed by atoms with Crippen LogP contribution in [0.3, 0.4) is 0 Å². The zero-order chi connectivity index (χ0) is 22.9. The molecule has 1 amide bonds. The summed E-state index contributed by atoms with van der Waals surface area (Å²) in [5.74, 6) is -0.242. The average molecular weight is 449 g/mol. The molecule has 0 spiro atoms. The molecule has 4 rings (SSSR count). The SMILES string of the molecule is Cc1ccc(S(=O)(=O)Nc2cc(C(=O)N[C@H](C)c3ccc4c(c3)CCC4)ccc2C)cc1. The number of amides is 1. The lowest BCUT2D eigenvalue weighted by molar-refractivity contribution is 0.0940. The topological polar surface area (TPSA) is 75.3 Å². The molecular weight excluding hydrogens is 420 g/mol. The molecule has 166 valence electrons. The van der Waals surface area contributed by atoms with Gasteiger partial charge in [0.05, 0.1) is 16.6 Å². The maximum absolute atomic E-state index is 12.9. The van der Waals surface area contributed by atoms with Crippen molar-refractivity contribution in [3.05, 3.63) is 94.0 Å². The number of anilines is 1. The quantitative estimate of drug-likeness (QED) is 0.552. The van der Waals surface area contributed by atoms with E-state index in [0.29, 0.717) is 11.3 Å². The van der Waals surface area contributed by atoms with Crippen molar-refractivity contribution in [2.75, 3.05) is 4.72 Å². The minimum atomic E-state index is -3.75. The summed E-state index contributed by atoms with van der Waals surface area (Å²) in [5.41, 5.74) is 6.36. The normalized spacial score (nSPS) is 14.0. The molecule has 0 radical (unpaired) electrons. The zero-order valence-electron chi connectivity index (χ0n) is 18.6. The predicted molar refractivity (Wildman–Crippen MR) is 128 cm³/mol. The van der Waals surface area contributed by atoms with Crippen LogP contribution in [-0.2, 0) is 22.9 Å². The lowest BCUT2D eigenvalue weighted by Crippen LogP contribution is -2.27. The molecule has 0 saturated carbocycles. The van der Waals surface area contributed by atoms with Gasteiger partial charge in [0, 0.05) is 5.56 Å². The molecule has 3 aromatic rings. The smallest absolute Gasteiger partial charge is 0.261 e. The van der Waals surface area contributed by atoms with Gasteiger partial charge in [-0.05, 0) is 86.6 Å². The Morgan fingerprint density at radius 3 is 2.38 bits per heavy atom. The monoisotopic (exact) mass is 448 g/mol. The van der Waals surface area contributed by atoms with E-state index >= 15 is 0 Å². The molecule has 5 nitrogen and oxygen atoms in total. The Bertz CT molecular complexity index is 1260. The molecule has 0 saturated heterocycles. The maximum atomic E-state index is 12.9. The van der Waals surface area contributed by atoms with Crippen molar-refractivity contribution in [2.24, 2.45) is 0 Å². The van der Waals surface area contributed by atoms with Crippen LogP contribution in [0, 0.1) is 13.8 Å². The fraction of sp³-hybridized carbons (Fsp3) is 0.269. The van der Waals surface area contributed by atoms with Crippen LogP contribution >= 0.6 is 0 Å². The van der Waals surface area contributed by atoms with Crippen LogP contribution in [0.1, 0.15) is 57.6 Å². The number of sulfonamides is 1. The molecule has 3 aromatic carbocycles. The van der Waals surface area contributed by atoms with Crippen molar-refractivity contribution < 1.29 is 13.2 Å². The minimum Gasteiger partial charge on any atom is -0.346 e. The van der Waals surface area contributed by atoms with Crippen LogP contribution in [-0.4, -0.2) is 14.3 Å². The number of benzene rings is 3. The van der Waals surface area contributed by atoms with Crippen LogP contribution in [0.5, 0.6) is 0 Å². The number of fused-ring (bicyclic) bond motifs is 1. The number of hydrogen-bond donors (Lipinski definition) is 2. The van der Waals surface area contributed by atoms with Crippen LogP contribution in [0.2, 0.25) is 0 Å². The minimum absolute atomic E-state index is 0.151. The van der Waals surface area contributed by atoms with E-state index in [1.165, 1.54) is 17.5 Å². The second kappa shape index (κ2) is 8.79. The number of carbonyl (C=O) groups is 1. The molecule has 0 aliphatic heterocycles. The van der Waals surface area contributed by atoms with E-state index in [-0.39, 0.29) is 16.8 Å². The molecule has 1 atom stereocenters. The van der Waals surface area contributed by atoms with E-state index in [0.717, 1.165) is 29.5 Å². The Labute approximate surface area is 189 Å². The summed E-state index contributed by atoms with van der Waals surface area (Å²) < 4.78 is 28.2. The molecule has 0 aromatic heterocycles. The highest BCUT2D eigenvalue weighted by Gasteiger charge is 2.19. The standard InChI is InChI=1S/C26H28N2O3S/c1-17-7-13-24(14-8-17)32(30,31)28-25-16-23(10-9-18(25)2)26(29)27-19(3)21-12-11-20-5-4-6-22(20)15-21/h7-16,19,28H,4-6H2,1-3H3,(H,27,29)/t19-/m1/s1. The average Bonchev–Trinajstić information content (AvgIpc) is 3.23. The first-order valence-electron chi connectivity index (χ1n) is 10.9. The summed E-state index contributed by atoms with van der Waals surface area (Å²) >= 11 is 0. The van der Waals surface area contributed by atoms with Crippen molar-refractivity contribution in [1.82, 2.24) is 5.32 Å². The largest absolute Gasteiger partial charge is 0.346 e. The van der Waals surface area contributed by atoms with Gasteiger partial charge in [-0.15, -0.1) is 0 Å². The van der Waals surface area contributed by atoms with E-state index < -0.39 is 10.0 Å². The molecule has 32 heavy (non-hydrogen) atoms. The van der Waals surface area contributed by atoms with Crippen LogP contribution in [0.15, 0.2) is 65.6 Å². The van der Waals surface area contributed by atoms with Crippen molar-refractivity contribution in [1.29, 1.82) is 0 Å². The van der Waals surface area contributed by atoms with Gasteiger partial charge in [0.2, 0.25) is 0 Å². The number of carbonyl (C=O) groups excluding carboxylic acids is 1. The molecule has 0 unspecified atom stereocenters. The van der Waals surface area contributed by atoms with E-state index in [9.17, 15) is 13.2 Å². The third kappa shape index (κ3) is 4.70. The van der Waals surface area contributed by atoms with Gasteiger partial charge < -0.3 is 5.32 Å². The Kier molecular flexibility index (Phi) is 6.07. The third-order valence-corrected chi connectivity index (χ3v) is 7.43. The molecule has 1 aliphatic carbocycles. The van der Waals surface area contributed by atoms with Gasteiger partial charge in [-0.1, -0.05) is 42.0 Å². The number of hydrogen-bond acceptors (Lipinski definition) is 3. The highest BCUT2D eigenvalue weighted by atomic mass is 32.2. The predicted octanol–water partition coefficient (Wildman–Crippen LogP) is 5.08. The van der Waals surface area contributed by atoms with Gasteiger partial charge in [0.1, 0.15) is 0 Å². The number of rotatable bonds is 6. The fourth-order valence-corrected chi connectivity index (χ4v) is 5.14.